The molecular formula is C40H41F6N9O3. The van der Waals surface area contributed by atoms with Gasteiger partial charge in [0, 0.05) is 35.6 Å². The number of nitrogens with zero attached hydrogens (tertiary/aromatic N) is 7. The highest BCUT2D eigenvalue weighted by Crippen LogP contribution is 2.43. The van der Waals surface area contributed by atoms with Crippen LogP contribution in [-0.2, 0) is 25.4 Å². The number of nitrogens with one attached hydrogen (secondary N) is 2. The molecule has 0 radical (unpaired) electrons. The number of pyridine rings is 2. The Labute approximate surface area is 329 Å². The molecule has 0 aliphatic carbocycles. The quantitative estimate of drug-likeness (QED) is 0.160. The van der Waals surface area contributed by atoms with Crippen molar-refractivity contribution in [1.29, 1.82) is 0 Å². The standard InChI is InChI=1S/C21H22F3N5O2.C19H19F3N4O/c1-5-13-10-28-19-15(29(13)20(30)25-3)8-11(2)26-18(19)17(27-28)14-7-6-12(21(22,23)24)9-16(14)31-4;1-4-12-9-26-18-14(24-12)7-10(2)23-17(18)16(25-26)13-6-5-11(19(20,21)22)8-15(13)27-3/h6-9,13H,5,10H2,1-4H3,(H,25,30);5-8,12,24H,4,9H2,1-3H3. The van der Waals surface area contributed by atoms with E-state index in [-0.39, 0.29) is 29.6 Å². The molecular weight excluding hydrogens is 768 g/mol. The summed E-state index contributed by atoms with van der Waals surface area (Å²) in [6.45, 7) is 8.89. The summed E-state index contributed by atoms with van der Waals surface area (Å²) in [5, 5.41) is 15.5. The minimum atomic E-state index is -4.49. The minimum absolute atomic E-state index is 0.0562. The number of amides is 2. The molecule has 0 fully saturated rings. The van der Waals surface area contributed by atoms with Crippen molar-refractivity contribution in [2.45, 2.75) is 78.1 Å². The lowest BCUT2D eigenvalue weighted by molar-refractivity contribution is -0.138. The Balaban J connectivity index is 0.000000178. The van der Waals surface area contributed by atoms with Crippen molar-refractivity contribution in [1.82, 2.24) is 34.8 Å². The van der Waals surface area contributed by atoms with E-state index in [9.17, 15) is 31.1 Å². The van der Waals surface area contributed by atoms with Gasteiger partial charge < -0.3 is 20.1 Å². The highest BCUT2D eigenvalue weighted by atomic mass is 19.4. The molecule has 0 saturated carbocycles. The molecule has 2 aliphatic rings. The van der Waals surface area contributed by atoms with E-state index in [0.717, 1.165) is 47.6 Å². The first-order valence-electron chi connectivity index (χ1n) is 18.6. The summed E-state index contributed by atoms with van der Waals surface area (Å²) in [7, 11) is 4.25. The topological polar surface area (TPSA) is 124 Å². The molecule has 4 aromatic heterocycles. The average molecular weight is 810 g/mol. The van der Waals surface area contributed by atoms with Crippen molar-refractivity contribution in [2.75, 3.05) is 31.5 Å². The molecule has 58 heavy (non-hydrogen) atoms. The van der Waals surface area contributed by atoms with Crippen LogP contribution in [-0.4, -0.2) is 68.9 Å². The first kappa shape index (κ1) is 40.1. The van der Waals surface area contributed by atoms with Gasteiger partial charge in [-0.3, -0.25) is 14.3 Å². The van der Waals surface area contributed by atoms with Gasteiger partial charge in [-0.15, -0.1) is 0 Å². The number of rotatable bonds is 6. The van der Waals surface area contributed by atoms with E-state index in [1.807, 2.05) is 30.7 Å². The molecule has 0 spiro atoms. The molecule has 2 atom stereocenters. The van der Waals surface area contributed by atoms with Crippen molar-refractivity contribution >= 4 is 39.5 Å². The number of alkyl halides is 6. The number of carbonyl (C=O) groups is 1. The lowest BCUT2D eigenvalue weighted by Gasteiger charge is -2.35. The van der Waals surface area contributed by atoms with Crippen LogP contribution < -0.4 is 25.0 Å². The normalized spacial score (nSPS) is 16.2. The third-order valence-corrected chi connectivity index (χ3v) is 10.4. The maximum absolute atomic E-state index is 13.2. The molecule has 6 heterocycles. The van der Waals surface area contributed by atoms with Crippen LogP contribution >= 0.6 is 0 Å². The molecule has 12 nitrogen and oxygen atoms in total. The summed E-state index contributed by atoms with van der Waals surface area (Å²) in [5.74, 6) is 0.182. The summed E-state index contributed by atoms with van der Waals surface area (Å²) in [6, 6.07) is 10.4. The molecule has 306 valence electrons. The molecule has 2 unspecified atom stereocenters. The molecule has 2 aliphatic heterocycles. The predicted molar refractivity (Wildman–Crippen MR) is 207 cm³/mol. The van der Waals surface area contributed by atoms with Crippen LogP contribution in [0.1, 0.15) is 49.2 Å². The van der Waals surface area contributed by atoms with Crippen LogP contribution in [0, 0.1) is 13.8 Å². The van der Waals surface area contributed by atoms with Gasteiger partial charge in [0.1, 0.15) is 45.0 Å². The van der Waals surface area contributed by atoms with E-state index in [4.69, 9.17) is 9.47 Å². The number of urea groups is 1. The van der Waals surface area contributed by atoms with Gasteiger partial charge in [0.2, 0.25) is 0 Å². The van der Waals surface area contributed by atoms with E-state index in [1.54, 1.807) is 23.6 Å². The molecule has 2 N–H and O–H groups in total. The Morgan fingerprint density at radius 2 is 1.29 bits per heavy atom. The zero-order chi connectivity index (χ0) is 41.8. The van der Waals surface area contributed by atoms with Crippen LogP contribution in [0.2, 0.25) is 0 Å². The van der Waals surface area contributed by atoms with Crippen molar-refractivity contribution in [2.24, 2.45) is 0 Å². The first-order chi connectivity index (χ1) is 27.5. The van der Waals surface area contributed by atoms with Crippen LogP contribution in [0.4, 0.5) is 42.5 Å². The van der Waals surface area contributed by atoms with Crippen molar-refractivity contribution in [3.05, 3.63) is 71.0 Å². The zero-order valence-electron chi connectivity index (χ0n) is 32.7. The van der Waals surface area contributed by atoms with Gasteiger partial charge in [-0.1, -0.05) is 13.8 Å². The zero-order valence-corrected chi connectivity index (χ0v) is 32.7. The number of benzene rings is 2. The third-order valence-electron chi connectivity index (χ3n) is 10.4. The monoisotopic (exact) mass is 809 g/mol. The number of hydrogen-bond acceptors (Lipinski definition) is 8. The Bertz CT molecular complexity index is 2550. The van der Waals surface area contributed by atoms with Crippen molar-refractivity contribution < 1.29 is 40.6 Å². The minimum Gasteiger partial charge on any atom is -0.496 e. The van der Waals surface area contributed by atoms with Gasteiger partial charge in [-0.25, -0.2) is 14.8 Å². The Hall–Kier alpha value is -6.07. The van der Waals surface area contributed by atoms with Gasteiger partial charge >= 0.3 is 18.4 Å². The van der Waals surface area contributed by atoms with Gasteiger partial charge in [0.05, 0.1) is 55.9 Å². The van der Waals surface area contributed by atoms with Crippen LogP contribution in [0.15, 0.2) is 48.5 Å². The van der Waals surface area contributed by atoms with Crippen LogP contribution in [0.3, 0.4) is 0 Å². The van der Waals surface area contributed by atoms with E-state index in [0.29, 0.717) is 70.0 Å². The number of anilines is 2. The number of hydrogen-bond donors (Lipinski definition) is 2. The summed E-state index contributed by atoms with van der Waals surface area (Å²) in [5.41, 5.74) is 6.07. The van der Waals surface area contributed by atoms with Crippen molar-refractivity contribution in [3.8, 4) is 34.0 Å². The number of aryl methyl sites for hydroxylation is 2. The van der Waals surface area contributed by atoms with Crippen LogP contribution in [0.5, 0.6) is 11.5 Å². The highest BCUT2D eigenvalue weighted by Gasteiger charge is 2.36. The van der Waals surface area contributed by atoms with Gasteiger partial charge in [-0.2, -0.15) is 36.5 Å². The van der Waals surface area contributed by atoms with Gasteiger partial charge in [0.25, 0.3) is 0 Å². The second-order valence-electron chi connectivity index (χ2n) is 14.1. The van der Waals surface area contributed by atoms with E-state index in [2.05, 4.69) is 37.7 Å². The van der Waals surface area contributed by atoms with Crippen molar-refractivity contribution in [3.63, 3.8) is 0 Å². The Morgan fingerprint density at radius 3 is 1.78 bits per heavy atom. The fourth-order valence-corrected chi connectivity index (χ4v) is 7.54. The average Bonchev–Trinajstić information content (AvgIpc) is 3.74. The van der Waals surface area contributed by atoms with E-state index < -0.39 is 23.5 Å². The number of carbonyl (C=O) groups excluding carboxylic acids is 1. The fraction of sp³-hybridized carbons (Fsp3) is 0.375. The Kier molecular flexibility index (Phi) is 10.4. The smallest absolute Gasteiger partial charge is 0.416 e. The third kappa shape index (κ3) is 7.08. The number of halogens is 6. The van der Waals surface area contributed by atoms with E-state index in [1.165, 1.54) is 26.4 Å². The molecule has 0 saturated heterocycles. The lowest BCUT2D eigenvalue weighted by atomic mass is 10.0. The lowest BCUT2D eigenvalue weighted by Crippen LogP contribution is -2.49. The van der Waals surface area contributed by atoms with Gasteiger partial charge in [0.15, 0.2) is 0 Å². The summed E-state index contributed by atoms with van der Waals surface area (Å²) in [6.07, 6.45) is -7.29. The van der Waals surface area contributed by atoms with Crippen LogP contribution in [0.25, 0.3) is 44.6 Å². The van der Waals surface area contributed by atoms with E-state index >= 15 is 0 Å². The fourth-order valence-electron chi connectivity index (χ4n) is 7.54. The molecule has 0 bridgehead atoms. The first-order valence-corrected chi connectivity index (χ1v) is 18.6. The summed E-state index contributed by atoms with van der Waals surface area (Å²) >= 11 is 0. The SMILES string of the molecule is CCC1Cn2nc(-c3ccc(C(F)(F)F)cc3OC)c3nc(C)cc(c32)N1.CCC1Cn2nc(-c3ccc(C(F)(F)F)cc3OC)c3nc(C)cc(c32)N1C(=O)NC. The molecule has 2 amide bonds. The maximum Gasteiger partial charge on any atom is 0.416 e. The molecule has 2 aromatic carbocycles. The summed E-state index contributed by atoms with van der Waals surface area (Å²) < 4.78 is 92.8. The second-order valence-corrected chi connectivity index (χ2v) is 14.1. The molecule has 6 aromatic rings. The Morgan fingerprint density at radius 1 is 0.776 bits per heavy atom. The molecule has 18 heteroatoms. The summed E-state index contributed by atoms with van der Waals surface area (Å²) in [4.78, 5) is 23.6. The number of ether oxygens (including phenoxy) is 2. The largest absolute Gasteiger partial charge is 0.496 e. The molecule has 8 rings (SSSR count). The maximum atomic E-state index is 13.2. The predicted octanol–water partition coefficient (Wildman–Crippen LogP) is 9.01. The number of methoxy groups -OCH3 is 2. The highest BCUT2D eigenvalue weighted by molar-refractivity contribution is 6.06. The number of aromatic nitrogens is 6. The van der Waals surface area contributed by atoms with Gasteiger partial charge in [-0.05, 0) is 75.2 Å². The second kappa shape index (κ2) is 15.0.